The molecule has 444 valence electrons. The number of nitrogens with zero attached hydrogens (tertiary/aromatic N) is 4. The van der Waals surface area contributed by atoms with Crippen LogP contribution in [0.4, 0.5) is 14.9 Å². The number of likely N-dealkylation sites (N-methyl/N-ethyl adjacent to an activating group) is 2. The lowest BCUT2D eigenvalue weighted by Gasteiger charge is -2.36. The largest absolute Gasteiger partial charge is 0.508 e. The molecule has 0 spiro atoms. The number of ether oxygens (including phenoxy) is 4. The summed E-state index contributed by atoms with van der Waals surface area (Å²) in [5.74, 6) is -0.902. The van der Waals surface area contributed by atoms with Crippen molar-refractivity contribution in [1.82, 2.24) is 25.0 Å². The number of aromatic nitrogens is 1. The number of aromatic hydroxyl groups is 1. The van der Waals surface area contributed by atoms with Crippen molar-refractivity contribution in [3.63, 3.8) is 0 Å². The van der Waals surface area contributed by atoms with Gasteiger partial charge in [0.1, 0.15) is 52.5 Å². The minimum atomic E-state index is -0.926. The molecule has 2 heterocycles. The molecule has 1 saturated heterocycles. The van der Waals surface area contributed by atoms with Gasteiger partial charge in [-0.15, -0.1) is 0 Å². The lowest BCUT2D eigenvalue weighted by atomic mass is 9.83. The van der Waals surface area contributed by atoms with Crippen LogP contribution in [0, 0.1) is 5.92 Å². The van der Waals surface area contributed by atoms with Gasteiger partial charge in [0, 0.05) is 26.2 Å². The molecule has 0 bridgehead atoms. The van der Waals surface area contributed by atoms with E-state index < -0.39 is 41.6 Å². The van der Waals surface area contributed by atoms with Crippen molar-refractivity contribution in [2.75, 3.05) is 70.9 Å². The van der Waals surface area contributed by atoms with Gasteiger partial charge in [-0.2, -0.15) is 0 Å². The fourth-order valence-corrected chi connectivity index (χ4v) is 11.1. The highest BCUT2D eigenvalue weighted by atomic mass is 32.1. The molecule has 0 radical (unpaired) electrons. The molecule has 5 aromatic rings. The molecule has 1 aromatic heterocycles. The van der Waals surface area contributed by atoms with Crippen molar-refractivity contribution in [2.45, 2.75) is 123 Å². The molecule has 2 fully saturated rings. The van der Waals surface area contributed by atoms with Gasteiger partial charge >= 0.3 is 6.09 Å². The Bertz CT molecular complexity index is 2980. The lowest BCUT2D eigenvalue weighted by molar-refractivity contribution is -0.142. The maximum Gasteiger partial charge on any atom is 0.410 e. The number of phenolic OH excluding ortho intramolecular Hbond substituents is 1. The fourth-order valence-electron chi connectivity index (χ4n) is 10.2. The van der Waals surface area contributed by atoms with Crippen LogP contribution in [-0.4, -0.2) is 144 Å². The Kier molecular flexibility index (Phi) is 23.2. The van der Waals surface area contributed by atoms with Crippen LogP contribution in [0.1, 0.15) is 116 Å². The van der Waals surface area contributed by atoms with Gasteiger partial charge in [0.2, 0.25) is 29.5 Å². The van der Waals surface area contributed by atoms with Gasteiger partial charge < -0.3 is 49.8 Å². The number of rotatable bonds is 26. The summed E-state index contributed by atoms with van der Waals surface area (Å²) < 4.78 is 22.9. The smallest absolute Gasteiger partial charge is 0.410 e. The Hall–Kier alpha value is -7.61. The van der Waals surface area contributed by atoms with Crippen LogP contribution in [0.25, 0.3) is 22.4 Å². The molecule has 2 aliphatic rings. The van der Waals surface area contributed by atoms with Crippen LogP contribution in [0.3, 0.4) is 0 Å². The number of benzene rings is 4. The van der Waals surface area contributed by atoms with Crippen LogP contribution in [0.15, 0.2) is 109 Å². The second-order valence-corrected chi connectivity index (χ2v) is 23.0. The number of carbonyl (C=O) groups excluding carboxylic acids is 6. The van der Waals surface area contributed by atoms with E-state index in [0.717, 1.165) is 72.1 Å². The van der Waals surface area contributed by atoms with Crippen LogP contribution >= 0.6 is 11.3 Å². The second-order valence-electron chi connectivity index (χ2n) is 22.0. The van der Waals surface area contributed by atoms with Crippen molar-refractivity contribution in [3.8, 4) is 22.8 Å². The van der Waals surface area contributed by atoms with E-state index in [2.05, 4.69) is 35.0 Å². The van der Waals surface area contributed by atoms with E-state index in [4.69, 9.17) is 23.9 Å². The SMILES string of the molecule is CCC(=C(c1ccc(O)cc1)c1ccc(OCCN(C)C(=O)CCOCCOCCC(=O)Nc2nc(-c3ccccc3)c(NC(=O)[C@@H]3CCCN3C(=O)[C@@H](NC(=O)[C@H](C)N(C)C(=O)OC(C)(C)C)C3CCCCC3)s2)cc1)c1ccccc1. The molecular formula is C64H81N7O11S. The number of thiazole rings is 1. The first-order valence-electron chi connectivity index (χ1n) is 28.8. The third-order valence-corrected chi connectivity index (χ3v) is 15.7. The zero-order valence-corrected chi connectivity index (χ0v) is 49.8. The summed E-state index contributed by atoms with van der Waals surface area (Å²) in [5, 5.41) is 19.5. The molecule has 3 atom stereocenters. The molecule has 0 unspecified atom stereocenters. The summed E-state index contributed by atoms with van der Waals surface area (Å²) in [6.07, 6.45) is 5.72. The summed E-state index contributed by atoms with van der Waals surface area (Å²) in [6.45, 7) is 10.7. The number of hydrogen-bond donors (Lipinski definition) is 4. The fraction of sp³-hybridized carbons (Fsp3) is 0.453. The molecule has 4 aromatic carbocycles. The van der Waals surface area contributed by atoms with E-state index in [9.17, 15) is 33.9 Å². The van der Waals surface area contributed by atoms with Crippen molar-refractivity contribution >= 4 is 68.2 Å². The Balaban J connectivity index is 0.839. The van der Waals surface area contributed by atoms with Crippen molar-refractivity contribution in [2.24, 2.45) is 5.92 Å². The molecule has 1 aliphatic heterocycles. The van der Waals surface area contributed by atoms with E-state index in [1.165, 1.54) is 17.5 Å². The zero-order chi connectivity index (χ0) is 59.5. The van der Waals surface area contributed by atoms with Gasteiger partial charge in [0.05, 0.1) is 45.8 Å². The highest BCUT2D eigenvalue weighted by molar-refractivity contribution is 7.20. The Labute approximate surface area is 491 Å². The van der Waals surface area contributed by atoms with Gasteiger partial charge in [-0.3, -0.25) is 28.9 Å². The summed E-state index contributed by atoms with van der Waals surface area (Å²) in [6, 6.07) is 32.1. The molecule has 83 heavy (non-hydrogen) atoms. The summed E-state index contributed by atoms with van der Waals surface area (Å²) in [7, 11) is 3.22. The Morgan fingerprint density at radius 2 is 1.37 bits per heavy atom. The van der Waals surface area contributed by atoms with Crippen molar-refractivity contribution in [1.29, 1.82) is 0 Å². The first kappa shape index (κ1) is 63.0. The van der Waals surface area contributed by atoms with Crippen LogP contribution < -0.4 is 20.7 Å². The minimum Gasteiger partial charge on any atom is -0.508 e. The van der Waals surface area contributed by atoms with Gasteiger partial charge in [-0.25, -0.2) is 9.78 Å². The minimum absolute atomic E-state index is 0.0251. The number of phenols is 1. The molecular weight excluding hydrogens is 1070 g/mol. The average Bonchev–Trinajstić information content (AvgIpc) is 4.23. The van der Waals surface area contributed by atoms with Crippen LogP contribution in [0.5, 0.6) is 11.5 Å². The first-order chi connectivity index (χ1) is 39.9. The van der Waals surface area contributed by atoms with Gasteiger partial charge in [-0.05, 0) is 118 Å². The first-order valence-corrected chi connectivity index (χ1v) is 29.7. The standard InChI is InChI=1S/C64H81N7O11S/c1-8-51(44-19-12-9-13-20-44)55(45-26-30-49(72)31-27-45)46-28-32-50(33-29-46)81-40-37-69(6)54(74)35-39-80-42-41-79-38-34-53(73)65-62-67-56(47-21-14-10-15-22-47)60(83-62)68-59(76)52-25-18-36-71(52)61(77)57(48-23-16-11-17-24-48)66-58(75)43(2)70(7)63(78)82-64(3,4)5/h9-10,12-15,19-22,26-33,43,48,52,57,72H,8,11,16-18,23-25,34-42H2,1-7H3,(H,66,75)(H,68,76)(H,65,67,73)/t43-,52-,57-/m0/s1. The maximum atomic E-state index is 14.6. The van der Waals surface area contributed by atoms with E-state index >= 15 is 0 Å². The van der Waals surface area contributed by atoms with E-state index in [1.54, 1.807) is 56.7 Å². The Morgan fingerprint density at radius 3 is 2.01 bits per heavy atom. The number of anilines is 2. The molecule has 19 heteroatoms. The molecule has 1 aliphatic carbocycles. The van der Waals surface area contributed by atoms with E-state index in [-0.39, 0.29) is 73.8 Å². The van der Waals surface area contributed by atoms with E-state index in [1.807, 2.05) is 84.9 Å². The third-order valence-electron chi connectivity index (χ3n) is 14.8. The van der Waals surface area contributed by atoms with Crippen molar-refractivity contribution in [3.05, 3.63) is 126 Å². The van der Waals surface area contributed by atoms with Gasteiger partial charge in [-0.1, -0.05) is 122 Å². The Morgan fingerprint density at radius 1 is 0.747 bits per heavy atom. The third kappa shape index (κ3) is 18.2. The second kappa shape index (κ2) is 30.6. The lowest BCUT2D eigenvalue weighted by Crippen LogP contribution is -2.58. The topological polar surface area (TPSA) is 218 Å². The highest BCUT2D eigenvalue weighted by Gasteiger charge is 2.42. The zero-order valence-electron chi connectivity index (χ0n) is 48.9. The monoisotopic (exact) mass is 1160 g/mol. The number of hydrogen-bond acceptors (Lipinski definition) is 13. The predicted octanol–water partition coefficient (Wildman–Crippen LogP) is 10.4. The summed E-state index contributed by atoms with van der Waals surface area (Å²) >= 11 is 1.11. The summed E-state index contributed by atoms with van der Waals surface area (Å²) in [5.41, 5.74) is 5.83. The molecule has 1 saturated carbocycles. The molecule has 6 amide bonds. The molecule has 18 nitrogen and oxygen atoms in total. The number of allylic oxidation sites excluding steroid dienone is 1. The van der Waals surface area contributed by atoms with Gasteiger partial charge in [0.25, 0.3) is 0 Å². The number of likely N-dealkylation sites (tertiary alicyclic amines) is 1. The number of nitrogens with one attached hydrogen (secondary N) is 3. The highest BCUT2D eigenvalue weighted by Crippen LogP contribution is 2.38. The quantitative estimate of drug-likeness (QED) is 0.0300. The maximum absolute atomic E-state index is 14.6. The van der Waals surface area contributed by atoms with E-state index in [0.29, 0.717) is 54.5 Å². The summed E-state index contributed by atoms with van der Waals surface area (Å²) in [4.78, 5) is 90.6. The van der Waals surface area contributed by atoms with Gasteiger partial charge in [0.15, 0.2) is 5.13 Å². The van der Waals surface area contributed by atoms with Crippen LogP contribution in [0.2, 0.25) is 0 Å². The number of carbonyl (C=O) groups is 6. The molecule has 7 rings (SSSR count). The van der Waals surface area contributed by atoms with Crippen molar-refractivity contribution < 1.29 is 52.8 Å². The molecule has 4 N–H and O–H groups in total. The number of amides is 6. The normalized spacial score (nSPS) is 15.6. The average molecular weight is 1160 g/mol. The van der Waals surface area contributed by atoms with Crippen LogP contribution in [-0.2, 0) is 38.2 Å². The predicted molar refractivity (Wildman–Crippen MR) is 323 cm³/mol.